The molecule has 164 valence electrons. The lowest BCUT2D eigenvalue weighted by atomic mass is 10.1. The lowest BCUT2D eigenvalue weighted by Crippen LogP contribution is -2.22. The first kappa shape index (κ1) is 23.3. The first-order valence-corrected chi connectivity index (χ1v) is 12.0. The van der Waals surface area contributed by atoms with Gasteiger partial charge in [0.25, 0.3) is 5.22 Å². The van der Waals surface area contributed by atoms with E-state index in [1.54, 1.807) is 0 Å². The fourth-order valence-electron chi connectivity index (χ4n) is 2.60. The molecule has 3 rings (SSSR count). The highest BCUT2D eigenvalue weighted by molar-refractivity contribution is 7.99. The molecule has 8 nitrogen and oxygen atoms in total. The van der Waals surface area contributed by atoms with Gasteiger partial charge in [-0.25, -0.2) is 12.7 Å². The molecule has 0 spiro atoms. The Bertz CT molecular complexity index is 1200. The highest BCUT2D eigenvalue weighted by Gasteiger charge is 2.19. The molecule has 0 saturated carbocycles. The zero-order valence-corrected chi connectivity index (χ0v) is 19.5. The number of halogens is 1. The lowest BCUT2D eigenvalue weighted by molar-refractivity contribution is -0.115. The van der Waals surface area contributed by atoms with Crippen LogP contribution in [0.1, 0.15) is 12.0 Å². The Labute approximate surface area is 190 Å². The van der Waals surface area contributed by atoms with Crippen LogP contribution in [-0.4, -0.2) is 48.7 Å². The number of nitrogens with one attached hydrogen (secondary N) is 1. The molecule has 1 N–H and O–H groups in total. The van der Waals surface area contributed by atoms with Gasteiger partial charge in [0.1, 0.15) is 0 Å². The smallest absolute Gasteiger partial charge is 0.276 e. The van der Waals surface area contributed by atoms with Crippen molar-refractivity contribution in [1.82, 2.24) is 14.5 Å². The number of hydrogen-bond acceptors (Lipinski definition) is 7. The van der Waals surface area contributed by atoms with Crippen molar-refractivity contribution < 1.29 is 17.6 Å². The first-order valence-electron chi connectivity index (χ1n) is 9.22. The fourth-order valence-corrected chi connectivity index (χ4v) is 4.40. The second-order valence-electron chi connectivity index (χ2n) is 6.76. The molecular formula is C20H21ClN4O4S2. The monoisotopic (exact) mass is 480 g/mol. The molecule has 0 aliphatic carbocycles. The number of aryl methyl sites for hydroxylation is 1. The Kier molecular flexibility index (Phi) is 7.37. The van der Waals surface area contributed by atoms with Gasteiger partial charge in [-0.2, -0.15) is 0 Å². The maximum atomic E-state index is 12.3. The van der Waals surface area contributed by atoms with Crippen molar-refractivity contribution in [2.45, 2.75) is 23.5 Å². The van der Waals surface area contributed by atoms with E-state index >= 15 is 0 Å². The molecule has 0 aliphatic rings. The summed E-state index contributed by atoms with van der Waals surface area (Å²) in [6, 6.07) is 11.9. The van der Waals surface area contributed by atoms with Crippen molar-refractivity contribution in [1.29, 1.82) is 0 Å². The van der Waals surface area contributed by atoms with E-state index in [9.17, 15) is 13.2 Å². The second kappa shape index (κ2) is 9.82. The Balaban J connectivity index is 1.59. The fraction of sp³-hybridized carbons (Fsp3) is 0.250. The van der Waals surface area contributed by atoms with E-state index in [1.807, 2.05) is 31.2 Å². The summed E-state index contributed by atoms with van der Waals surface area (Å²) in [6.45, 7) is 1.96. The first-order chi connectivity index (χ1) is 14.7. The Morgan fingerprint density at radius 2 is 1.94 bits per heavy atom. The summed E-state index contributed by atoms with van der Waals surface area (Å²) in [5.74, 6) is 0.511. The zero-order chi connectivity index (χ0) is 22.6. The highest BCUT2D eigenvalue weighted by Crippen LogP contribution is 2.28. The molecule has 0 bridgehead atoms. The predicted octanol–water partition coefficient (Wildman–Crippen LogP) is 4.07. The average molecular weight is 481 g/mol. The summed E-state index contributed by atoms with van der Waals surface area (Å²) >= 11 is 7.37. The van der Waals surface area contributed by atoms with Crippen molar-refractivity contribution in [3.63, 3.8) is 0 Å². The van der Waals surface area contributed by atoms with E-state index < -0.39 is 10.0 Å². The van der Waals surface area contributed by atoms with Crippen molar-refractivity contribution in [2.75, 3.05) is 25.2 Å². The number of anilines is 1. The van der Waals surface area contributed by atoms with E-state index in [0.717, 1.165) is 15.4 Å². The number of amides is 1. The van der Waals surface area contributed by atoms with Crippen LogP contribution in [0.5, 0.6) is 0 Å². The van der Waals surface area contributed by atoms with E-state index in [0.29, 0.717) is 16.9 Å². The summed E-state index contributed by atoms with van der Waals surface area (Å²) in [7, 11) is -0.773. The van der Waals surface area contributed by atoms with Gasteiger partial charge in [-0.1, -0.05) is 41.6 Å². The third-order valence-electron chi connectivity index (χ3n) is 4.33. The number of carbonyl (C=O) groups is 1. The van der Waals surface area contributed by atoms with Crippen molar-refractivity contribution in [3.8, 4) is 11.5 Å². The van der Waals surface area contributed by atoms with Crippen LogP contribution >= 0.6 is 23.4 Å². The van der Waals surface area contributed by atoms with Crippen LogP contribution in [0.25, 0.3) is 11.5 Å². The van der Waals surface area contributed by atoms with E-state index in [4.69, 9.17) is 16.0 Å². The Morgan fingerprint density at radius 1 is 1.19 bits per heavy atom. The molecule has 3 aromatic rings. The number of aromatic nitrogens is 2. The molecule has 1 aromatic heterocycles. The van der Waals surface area contributed by atoms with Gasteiger partial charge in [0.2, 0.25) is 21.8 Å². The van der Waals surface area contributed by atoms with Crippen LogP contribution in [-0.2, 0) is 14.8 Å². The highest BCUT2D eigenvalue weighted by atomic mass is 35.5. The van der Waals surface area contributed by atoms with Gasteiger partial charge >= 0.3 is 0 Å². The number of benzene rings is 2. The van der Waals surface area contributed by atoms with E-state index in [-0.39, 0.29) is 27.9 Å². The lowest BCUT2D eigenvalue weighted by Gasteiger charge is -2.13. The zero-order valence-electron chi connectivity index (χ0n) is 17.1. The SMILES string of the molecule is Cc1ccccc1-c1nnc(SCCC(=O)Nc2cc(S(=O)(=O)N(C)C)ccc2Cl)o1. The standard InChI is InChI=1S/C20H21ClN4O4S2/c1-13-6-4-5-7-15(13)19-23-24-20(29-19)30-11-10-18(26)22-17-12-14(8-9-16(17)21)31(27,28)25(2)3/h4-9,12H,10-11H2,1-3H3,(H,22,26). The van der Waals surface area contributed by atoms with Crippen molar-refractivity contribution in [3.05, 3.63) is 53.1 Å². The molecule has 1 amide bonds. The topological polar surface area (TPSA) is 105 Å². The molecule has 31 heavy (non-hydrogen) atoms. The van der Waals surface area contributed by atoms with E-state index in [1.165, 1.54) is 44.1 Å². The number of sulfonamides is 1. The number of carbonyl (C=O) groups excluding carboxylic acids is 1. The third kappa shape index (κ3) is 5.65. The van der Waals surface area contributed by atoms with Crippen molar-refractivity contribution in [2.24, 2.45) is 0 Å². The molecule has 0 unspecified atom stereocenters. The number of thioether (sulfide) groups is 1. The normalized spacial score (nSPS) is 11.6. The van der Waals surface area contributed by atoms with Gasteiger partial charge in [0, 0.05) is 31.8 Å². The van der Waals surface area contributed by atoms with Gasteiger partial charge in [-0.05, 0) is 36.8 Å². The van der Waals surface area contributed by atoms with Crippen LogP contribution in [0, 0.1) is 6.92 Å². The van der Waals surface area contributed by atoms with Crippen LogP contribution in [0.2, 0.25) is 5.02 Å². The maximum absolute atomic E-state index is 12.3. The molecule has 0 saturated heterocycles. The summed E-state index contributed by atoms with van der Waals surface area (Å²) in [6.07, 6.45) is 0.147. The van der Waals surface area contributed by atoms with Gasteiger partial charge in [-0.3, -0.25) is 4.79 Å². The average Bonchev–Trinajstić information content (AvgIpc) is 3.18. The second-order valence-corrected chi connectivity index (χ2v) is 10.4. The molecule has 0 radical (unpaired) electrons. The summed E-state index contributed by atoms with van der Waals surface area (Å²) in [4.78, 5) is 12.4. The van der Waals surface area contributed by atoms with Gasteiger partial charge < -0.3 is 9.73 Å². The molecule has 1 heterocycles. The minimum absolute atomic E-state index is 0.0427. The Morgan fingerprint density at radius 3 is 2.65 bits per heavy atom. The molecule has 0 fully saturated rings. The minimum atomic E-state index is -3.64. The van der Waals surface area contributed by atoms with Crippen LogP contribution in [0.3, 0.4) is 0 Å². The van der Waals surface area contributed by atoms with Crippen molar-refractivity contribution >= 4 is 45.0 Å². The van der Waals surface area contributed by atoms with Crippen LogP contribution < -0.4 is 5.32 Å². The van der Waals surface area contributed by atoms with Gasteiger partial charge in [0.15, 0.2) is 0 Å². The number of hydrogen-bond donors (Lipinski definition) is 1. The number of nitrogens with zero attached hydrogens (tertiary/aromatic N) is 3. The molecule has 2 aromatic carbocycles. The number of rotatable bonds is 8. The summed E-state index contributed by atoms with van der Waals surface area (Å²) in [5.41, 5.74) is 2.12. The molecule has 0 aliphatic heterocycles. The summed E-state index contributed by atoms with van der Waals surface area (Å²) in [5, 5.41) is 11.3. The van der Waals surface area contributed by atoms with Gasteiger partial charge in [0.05, 0.1) is 15.6 Å². The Hall–Kier alpha value is -2.40. The molecular weight excluding hydrogens is 460 g/mol. The molecule has 11 heteroatoms. The minimum Gasteiger partial charge on any atom is -0.411 e. The largest absolute Gasteiger partial charge is 0.411 e. The van der Waals surface area contributed by atoms with E-state index in [2.05, 4.69) is 15.5 Å². The van der Waals surface area contributed by atoms with Crippen LogP contribution in [0.4, 0.5) is 5.69 Å². The molecule has 0 atom stereocenters. The van der Waals surface area contributed by atoms with Gasteiger partial charge in [-0.15, -0.1) is 10.2 Å². The predicted molar refractivity (Wildman–Crippen MR) is 121 cm³/mol. The summed E-state index contributed by atoms with van der Waals surface area (Å²) < 4.78 is 31.3. The maximum Gasteiger partial charge on any atom is 0.276 e. The van der Waals surface area contributed by atoms with Crippen LogP contribution in [0.15, 0.2) is 57.0 Å². The quantitative estimate of drug-likeness (QED) is 0.484. The third-order valence-corrected chi connectivity index (χ3v) is 7.29.